The van der Waals surface area contributed by atoms with Crippen LogP contribution in [0.1, 0.15) is 0 Å². The number of hydrogen-bond acceptors (Lipinski definition) is 4. The van der Waals surface area contributed by atoms with Gasteiger partial charge in [-0.1, -0.05) is 29.3 Å². The van der Waals surface area contributed by atoms with Crippen molar-refractivity contribution in [3.05, 3.63) is 34.4 Å². The number of amides is 3. The number of nitrogens with one attached hydrogen (secondary N) is 2. The summed E-state index contributed by atoms with van der Waals surface area (Å²) in [5.41, 5.74) is 0.328. The van der Waals surface area contributed by atoms with E-state index in [9.17, 15) is 9.59 Å². The minimum atomic E-state index is -0.402. The van der Waals surface area contributed by atoms with Crippen molar-refractivity contribution < 1.29 is 9.59 Å². The number of hydrogen-bond donors (Lipinski definition) is 2. The van der Waals surface area contributed by atoms with Crippen LogP contribution in [-0.4, -0.2) is 45.9 Å². The Morgan fingerprint density at radius 3 is 2.48 bits per heavy atom. The third-order valence-electron chi connectivity index (χ3n) is 2.69. The summed E-state index contributed by atoms with van der Waals surface area (Å²) in [6.07, 6.45) is 1.34. The molecule has 122 valence electrons. The number of aromatic nitrogens is 3. The minimum Gasteiger partial charge on any atom is -0.331 e. The van der Waals surface area contributed by atoms with E-state index in [1.54, 1.807) is 32.3 Å². The Morgan fingerprint density at radius 2 is 1.87 bits per heavy atom. The number of carbonyl (C=O) groups is 2. The van der Waals surface area contributed by atoms with Gasteiger partial charge in [0.15, 0.2) is 5.82 Å². The quantitative estimate of drug-likeness (QED) is 0.878. The van der Waals surface area contributed by atoms with E-state index in [1.807, 2.05) is 0 Å². The molecule has 10 heteroatoms. The van der Waals surface area contributed by atoms with Crippen LogP contribution in [0.5, 0.6) is 0 Å². The van der Waals surface area contributed by atoms with E-state index in [4.69, 9.17) is 23.2 Å². The number of urea groups is 1. The first kappa shape index (κ1) is 17.0. The fourth-order valence-corrected chi connectivity index (χ4v) is 2.07. The first-order chi connectivity index (χ1) is 10.9. The Morgan fingerprint density at radius 1 is 1.22 bits per heavy atom. The molecule has 8 nitrogen and oxygen atoms in total. The van der Waals surface area contributed by atoms with Gasteiger partial charge in [0.2, 0.25) is 5.91 Å². The molecule has 0 radical (unpaired) electrons. The van der Waals surface area contributed by atoms with Crippen molar-refractivity contribution in [2.24, 2.45) is 0 Å². The van der Waals surface area contributed by atoms with Gasteiger partial charge in [0.25, 0.3) is 0 Å². The molecule has 0 fully saturated rings. The zero-order valence-corrected chi connectivity index (χ0v) is 13.9. The van der Waals surface area contributed by atoms with Crippen LogP contribution < -0.4 is 10.6 Å². The molecule has 23 heavy (non-hydrogen) atoms. The predicted octanol–water partition coefficient (Wildman–Crippen LogP) is 2.32. The largest absolute Gasteiger partial charge is 0.331 e. The van der Waals surface area contributed by atoms with Gasteiger partial charge in [-0.05, 0) is 12.1 Å². The summed E-state index contributed by atoms with van der Waals surface area (Å²) in [6.45, 7) is -0.153. The SMILES string of the molecule is CN(C)C(=O)Nc1cnn(CC(=O)Nc2c(Cl)cccc2Cl)n1. The third kappa shape index (κ3) is 4.57. The molecule has 0 unspecified atom stereocenters. The Bertz CT molecular complexity index is 711. The van der Waals surface area contributed by atoms with Gasteiger partial charge < -0.3 is 10.2 Å². The average molecular weight is 357 g/mol. The van der Waals surface area contributed by atoms with Crippen LogP contribution in [0.2, 0.25) is 10.0 Å². The summed E-state index contributed by atoms with van der Waals surface area (Å²) in [6, 6.07) is 4.56. The number of anilines is 2. The maximum atomic E-state index is 12.0. The lowest BCUT2D eigenvalue weighted by atomic mass is 10.3. The highest BCUT2D eigenvalue weighted by molar-refractivity contribution is 6.39. The number of benzene rings is 1. The number of rotatable bonds is 4. The summed E-state index contributed by atoms with van der Waals surface area (Å²) in [7, 11) is 3.20. The summed E-state index contributed by atoms with van der Waals surface area (Å²) in [5.74, 6) is -0.159. The first-order valence-corrected chi connectivity index (χ1v) is 7.24. The second-order valence-corrected chi connectivity index (χ2v) is 5.54. The average Bonchev–Trinajstić information content (AvgIpc) is 2.90. The highest BCUT2D eigenvalue weighted by atomic mass is 35.5. The molecule has 2 aromatic rings. The Balaban J connectivity index is 1.98. The Kier molecular flexibility index (Phi) is 5.41. The van der Waals surface area contributed by atoms with Gasteiger partial charge in [0, 0.05) is 14.1 Å². The topological polar surface area (TPSA) is 92.2 Å². The van der Waals surface area contributed by atoms with Crippen LogP contribution in [0.4, 0.5) is 16.3 Å². The van der Waals surface area contributed by atoms with Crippen LogP contribution in [0.3, 0.4) is 0 Å². The van der Waals surface area contributed by atoms with Crippen LogP contribution in [0, 0.1) is 0 Å². The van der Waals surface area contributed by atoms with Gasteiger partial charge >= 0.3 is 6.03 Å². The highest BCUT2D eigenvalue weighted by Gasteiger charge is 2.12. The maximum Gasteiger partial charge on any atom is 0.322 e. The molecule has 0 atom stereocenters. The lowest BCUT2D eigenvalue weighted by Gasteiger charge is -2.09. The highest BCUT2D eigenvalue weighted by Crippen LogP contribution is 2.29. The molecule has 1 aromatic heterocycles. The van der Waals surface area contributed by atoms with Crippen LogP contribution in [-0.2, 0) is 11.3 Å². The van der Waals surface area contributed by atoms with Crippen LogP contribution in [0.15, 0.2) is 24.4 Å². The van der Waals surface area contributed by atoms with E-state index in [-0.39, 0.29) is 18.4 Å². The van der Waals surface area contributed by atoms with Crippen molar-refractivity contribution in [3.63, 3.8) is 0 Å². The smallest absolute Gasteiger partial charge is 0.322 e. The molecule has 1 aromatic carbocycles. The number of carbonyl (C=O) groups excluding carboxylic acids is 2. The zero-order chi connectivity index (χ0) is 17.0. The van der Waals surface area contributed by atoms with E-state index in [0.29, 0.717) is 15.7 Å². The summed E-state index contributed by atoms with van der Waals surface area (Å²) < 4.78 is 0. The second kappa shape index (κ2) is 7.30. The first-order valence-electron chi connectivity index (χ1n) is 6.49. The molecule has 0 spiro atoms. The van der Waals surface area contributed by atoms with Crippen molar-refractivity contribution in [2.45, 2.75) is 6.54 Å². The van der Waals surface area contributed by atoms with Gasteiger partial charge in [-0.15, -0.1) is 5.10 Å². The van der Waals surface area contributed by atoms with E-state index in [2.05, 4.69) is 20.8 Å². The molecule has 3 amide bonds. The normalized spacial score (nSPS) is 10.3. The summed E-state index contributed by atoms with van der Waals surface area (Å²) in [4.78, 5) is 26.0. The monoisotopic (exact) mass is 356 g/mol. The number of nitrogens with zero attached hydrogens (tertiary/aromatic N) is 4. The van der Waals surface area contributed by atoms with E-state index >= 15 is 0 Å². The summed E-state index contributed by atoms with van der Waals surface area (Å²) in [5, 5.41) is 13.7. The van der Waals surface area contributed by atoms with Gasteiger partial charge in [-0.25, -0.2) is 4.79 Å². The van der Waals surface area contributed by atoms with Gasteiger partial charge in [-0.3, -0.25) is 10.1 Å². The Hall–Kier alpha value is -2.32. The van der Waals surface area contributed by atoms with Crippen LogP contribution in [0.25, 0.3) is 0 Å². The number of halogens is 2. The van der Waals surface area contributed by atoms with Crippen molar-refractivity contribution in [3.8, 4) is 0 Å². The molecule has 0 saturated carbocycles. The minimum absolute atomic E-state index is 0.153. The van der Waals surface area contributed by atoms with Gasteiger partial charge in [0.05, 0.1) is 21.9 Å². The maximum absolute atomic E-state index is 12.0. The van der Waals surface area contributed by atoms with Crippen molar-refractivity contribution in [1.29, 1.82) is 0 Å². The molecule has 0 bridgehead atoms. The summed E-state index contributed by atoms with van der Waals surface area (Å²) >= 11 is 12.0. The molecule has 1 heterocycles. The Labute approximate surface area is 142 Å². The zero-order valence-electron chi connectivity index (χ0n) is 12.4. The van der Waals surface area contributed by atoms with Crippen LogP contribution >= 0.6 is 23.2 Å². The molecule has 0 aliphatic carbocycles. The fourth-order valence-electron chi connectivity index (χ4n) is 1.58. The fraction of sp³-hybridized carbons (Fsp3) is 0.231. The molecule has 2 rings (SSSR count). The van der Waals surface area contributed by atoms with Gasteiger partial charge in [0.1, 0.15) is 6.54 Å². The van der Waals surface area contributed by atoms with E-state index in [0.717, 1.165) is 4.80 Å². The van der Waals surface area contributed by atoms with Crippen molar-refractivity contribution in [2.75, 3.05) is 24.7 Å². The lowest BCUT2D eigenvalue weighted by molar-refractivity contribution is -0.117. The molecular formula is C13H14Cl2N6O2. The third-order valence-corrected chi connectivity index (χ3v) is 3.32. The predicted molar refractivity (Wildman–Crippen MR) is 87.8 cm³/mol. The number of para-hydroxylation sites is 1. The molecule has 0 aliphatic rings. The van der Waals surface area contributed by atoms with Crippen molar-refractivity contribution in [1.82, 2.24) is 19.9 Å². The second-order valence-electron chi connectivity index (χ2n) is 4.73. The molecular weight excluding hydrogens is 343 g/mol. The van der Waals surface area contributed by atoms with Crippen molar-refractivity contribution >= 4 is 46.6 Å². The lowest BCUT2D eigenvalue weighted by Crippen LogP contribution is -2.27. The standard InChI is InChI=1S/C13H14Cl2N6O2/c1-20(2)13(23)17-10-6-16-21(19-10)7-11(22)18-12-8(14)4-3-5-9(12)15/h3-6H,7H2,1-2H3,(H,18,22)(H,17,19,23). The molecule has 2 N–H and O–H groups in total. The molecule has 0 aliphatic heterocycles. The van der Waals surface area contributed by atoms with E-state index in [1.165, 1.54) is 11.1 Å². The molecule has 0 saturated heterocycles. The van der Waals surface area contributed by atoms with E-state index < -0.39 is 5.91 Å². The van der Waals surface area contributed by atoms with Gasteiger partial charge in [-0.2, -0.15) is 9.90 Å².